The maximum Gasteiger partial charge on any atom is 0.328 e. The number of hydrogen-bond acceptors (Lipinski definition) is 4. The molecule has 1 unspecified atom stereocenters. The molecule has 3 aromatic rings. The zero-order valence-electron chi connectivity index (χ0n) is 15.8. The Labute approximate surface area is 158 Å². The molecule has 6 heteroatoms. The van der Waals surface area contributed by atoms with Gasteiger partial charge in [-0.1, -0.05) is 30.3 Å². The van der Waals surface area contributed by atoms with Gasteiger partial charge in [0.2, 0.25) is 0 Å². The van der Waals surface area contributed by atoms with E-state index in [2.05, 4.69) is 29.2 Å². The predicted molar refractivity (Wildman–Crippen MR) is 105 cm³/mol. The SMILES string of the molecule is COc1ccc2c(c1)n(CC1CN(Cc3ccccc3)CCO1)c(=O)n2C. The van der Waals surface area contributed by atoms with E-state index in [0.29, 0.717) is 13.2 Å². The number of benzene rings is 2. The summed E-state index contributed by atoms with van der Waals surface area (Å²) in [6.07, 6.45) is -0.0167. The van der Waals surface area contributed by atoms with E-state index in [1.165, 1.54) is 5.56 Å². The number of aryl methyl sites for hydroxylation is 1. The molecule has 27 heavy (non-hydrogen) atoms. The Balaban J connectivity index is 1.55. The van der Waals surface area contributed by atoms with Gasteiger partial charge in [-0.3, -0.25) is 14.0 Å². The largest absolute Gasteiger partial charge is 0.497 e. The fourth-order valence-electron chi connectivity index (χ4n) is 3.77. The van der Waals surface area contributed by atoms with E-state index in [-0.39, 0.29) is 11.8 Å². The van der Waals surface area contributed by atoms with Crippen LogP contribution in [0, 0.1) is 0 Å². The smallest absolute Gasteiger partial charge is 0.328 e. The summed E-state index contributed by atoms with van der Waals surface area (Å²) < 4.78 is 14.8. The molecule has 4 rings (SSSR count). The summed E-state index contributed by atoms with van der Waals surface area (Å²) in [5.74, 6) is 0.747. The normalized spacial score (nSPS) is 18.1. The second-order valence-electron chi connectivity index (χ2n) is 7.02. The summed E-state index contributed by atoms with van der Waals surface area (Å²) in [5.41, 5.74) is 3.05. The lowest BCUT2D eigenvalue weighted by molar-refractivity contribution is -0.0387. The number of ether oxygens (including phenoxy) is 2. The molecule has 0 amide bonds. The lowest BCUT2D eigenvalue weighted by atomic mass is 10.2. The molecule has 6 nitrogen and oxygen atoms in total. The van der Waals surface area contributed by atoms with Crippen LogP contribution >= 0.6 is 0 Å². The van der Waals surface area contributed by atoms with Gasteiger partial charge in [-0.2, -0.15) is 0 Å². The minimum Gasteiger partial charge on any atom is -0.497 e. The second kappa shape index (κ2) is 7.58. The van der Waals surface area contributed by atoms with Crippen molar-refractivity contribution in [2.24, 2.45) is 7.05 Å². The summed E-state index contributed by atoms with van der Waals surface area (Å²) in [4.78, 5) is 15.1. The quantitative estimate of drug-likeness (QED) is 0.694. The highest BCUT2D eigenvalue weighted by atomic mass is 16.5. The molecular weight excluding hydrogens is 342 g/mol. The molecule has 0 radical (unpaired) electrons. The van der Waals surface area contributed by atoms with Gasteiger partial charge in [0.25, 0.3) is 0 Å². The van der Waals surface area contributed by atoms with Crippen molar-refractivity contribution in [2.75, 3.05) is 26.8 Å². The van der Waals surface area contributed by atoms with Crippen LogP contribution in [0.4, 0.5) is 0 Å². The van der Waals surface area contributed by atoms with Crippen molar-refractivity contribution in [3.05, 3.63) is 64.6 Å². The molecule has 0 saturated carbocycles. The van der Waals surface area contributed by atoms with Gasteiger partial charge in [0.05, 0.1) is 37.4 Å². The van der Waals surface area contributed by atoms with Crippen LogP contribution < -0.4 is 10.4 Å². The van der Waals surface area contributed by atoms with Crippen molar-refractivity contribution in [2.45, 2.75) is 19.2 Å². The highest BCUT2D eigenvalue weighted by Gasteiger charge is 2.23. The van der Waals surface area contributed by atoms with Crippen molar-refractivity contribution in [1.82, 2.24) is 14.0 Å². The van der Waals surface area contributed by atoms with Gasteiger partial charge >= 0.3 is 5.69 Å². The number of fused-ring (bicyclic) bond motifs is 1. The van der Waals surface area contributed by atoms with Crippen LogP contribution in [0.2, 0.25) is 0 Å². The van der Waals surface area contributed by atoms with E-state index in [4.69, 9.17) is 9.47 Å². The summed E-state index contributed by atoms with van der Waals surface area (Å²) in [6, 6.07) is 16.2. The summed E-state index contributed by atoms with van der Waals surface area (Å²) in [6.45, 7) is 3.83. The molecule has 1 fully saturated rings. The van der Waals surface area contributed by atoms with E-state index >= 15 is 0 Å². The van der Waals surface area contributed by atoms with Gasteiger partial charge in [0, 0.05) is 32.7 Å². The van der Waals surface area contributed by atoms with Gasteiger partial charge in [-0.05, 0) is 17.7 Å². The Morgan fingerprint density at radius 2 is 1.96 bits per heavy atom. The Kier molecular flexibility index (Phi) is 5.01. The number of methoxy groups -OCH3 is 1. The lowest BCUT2D eigenvalue weighted by Crippen LogP contribution is -2.44. The second-order valence-corrected chi connectivity index (χ2v) is 7.02. The van der Waals surface area contributed by atoms with Gasteiger partial charge in [-0.15, -0.1) is 0 Å². The minimum atomic E-state index is -0.0259. The third kappa shape index (κ3) is 3.63. The first-order chi connectivity index (χ1) is 13.2. The molecule has 0 bridgehead atoms. The van der Waals surface area contributed by atoms with Crippen molar-refractivity contribution in [1.29, 1.82) is 0 Å². The molecule has 0 spiro atoms. The zero-order chi connectivity index (χ0) is 18.8. The fourth-order valence-corrected chi connectivity index (χ4v) is 3.77. The zero-order valence-corrected chi connectivity index (χ0v) is 15.8. The first-order valence-corrected chi connectivity index (χ1v) is 9.27. The minimum absolute atomic E-state index is 0.0167. The van der Waals surface area contributed by atoms with E-state index in [0.717, 1.165) is 36.4 Å². The molecule has 1 aromatic heterocycles. The van der Waals surface area contributed by atoms with Crippen molar-refractivity contribution < 1.29 is 9.47 Å². The van der Waals surface area contributed by atoms with E-state index in [1.807, 2.05) is 24.3 Å². The van der Waals surface area contributed by atoms with Crippen molar-refractivity contribution >= 4 is 11.0 Å². The number of imidazole rings is 1. The molecule has 2 aromatic carbocycles. The van der Waals surface area contributed by atoms with E-state index < -0.39 is 0 Å². The molecule has 0 N–H and O–H groups in total. The number of nitrogens with zero attached hydrogens (tertiary/aromatic N) is 3. The molecule has 142 valence electrons. The summed E-state index contributed by atoms with van der Waals surface area (Å²) in [5, 5.41) is 0. The molecule has 0 aliphatic carbocycles. The average Bonchev–Trinajstić information content (AvgIpc) is 2.93. The van der Waals surface area contributed by atoms with Crippen LogP contribution in [-0.2, 0) is 24.9 Å². The van der Waals surface area contributed by atoms with Gasteiger partial charge < -0.3 is 9.47 Å². The topological polar surface area (TPSA) is 48.6 Å². The van der Waals surface area contributed by atoms with Crippen LogP contribution in [0.15, 0.2) is 53.3 Å². The Morgan fingerprint density at radius 1 is 1.15 bits per heavy atom. The third-order valence-corrected chi connectivity index (χ3v) is 5.21. The molecular formula is C21H25N3O3. The molecule has 1 saturated heterocycles. The number of morpholine rings is 1. The molecule has 1 aliphatic rings. The fraction of sp³-hybridized carbons (Fsp3) is 0.381. The number of hydrogen-bond donors (Lipinski definition) is 0. The molecule has 2 heterocycles. The maximum absolute atomic E-state index is 12.7. The number of rotatable bonds is 5. The van der Waals surface area contributed by atoms with Crippen molar-refractivity contribution in [3.8, 4) is 5.75 Å². The van der Waals surface area contributed by atoms with Crippen LogP contribution in [0.1, 0.15) is 5.56 Å². The summed E-state index contributed by atoms with van der Waals surface area (Å²) >= 11 is 0. The monoisotopic (exact) mass is 367 g/mol. The third-order valence-electron chi connectivity index (χ3n) is 5.21. The van der Waals surface area contributed by atoms with Crippen LogP contribution in [0.3, 0.4) is 0 Å². The maximum atomic E-state index is 12.7. The standard InChI is InChI=1S/C21H25N3O3/c1-22-19-9-8-17(26-2)12-20(19)24(21(22)25)15-18-14-23(10-11-27-18)13-16-6-4-3-5-7-16/h3-9,12,18H,10-11,13-15H2,1-2H3. The first kappa shape index (κ1) is 17.8. The average molecular weight is 367 g/mol. The van der Waals surface area contributed by atoms with Crippen LogP contribution in [0.5, 0.6) is 5.75 Å². The van der Waals surface area contributed by atoms with Gasteiger partial charge in [0.15, 0.2) is 0 Å². The lowest BCUT2D eigenvalue weighted by Gasteiger charge is -2.33. The van der Waals surface area contributed by atoms with Gasteiger partial charge in [0.1, 0.15) is 5.75 Å². The van der Waals surface area contributed by atoms with Crippen LogP contribution in [0.25, 0.3) is 11.0 Å². The van der Waals surface area contributed by atoms with E-state index in [1.54, 1.807) is 23.3 Å². The van der Waals surface area contributed by atoms with Crippen LogP contribution in [-0.4, -0.2) is 46.9 Å². The van der Waals surface area contributed by atoms with Gasteiger partial charge in [-0.25, -0.2) is 4.79 Å². The molecule has 1 atom stereocenters. The highest BCUT2D eigenvalue weighted by molar-refractivity contribution is 5.77. The number of aromatic nitrogens is 2. The first-order valence-electron chi connectivity index (χ1n) is 9.27. The van der Waals surface area contributed by atoms with Crippen molar-refractivity contribution in [3.63, 3.8) is 0 Å². The van der Waals surface area contributed by atoms with E-state index in [9.17, 15) is 4.79 Å². The predicted octanol–water partition coefficient (Wildman–Crippen LogP) is 2.25. The summed E-state index contributed by atoms with van der Waals surface area (Å²) in [7, 11) is 3.44. The Morgan fingerprint density at radius 3 is 2.74 bits per heavy atom. The Hall–Kier alpha value is -2.57. The Bertz CT molecular complexity index is 977. The molecule has 1 aliphatic heterocycles. The highest BCUT2D eigenvalue weighted by Crippen LogP contribution is 2.21.